The molecule has 0 spiro atoms. The summed E-state index contributed by atoms with van der Waals surface area (Å²) in [6, 6.07) is 3.48. The molecule has 0 radical (unpaired) electrons. The minimum atomic E-state index is -1.53. The molecule has 3 aromatic rings. The maximum absolute atomic E-state index is 13.5. The Balaban J connectivity index is 1.57. The number of benzene rings is 1. The Morgan fingerprint density at radius 3 is 2.62 bits per heavy atom. The number of nitrogens with zero attached hydrogens (tertiary/aromatic N) is 4. The summed E-state index contributed by atoms with van der Waals surface area (Å²) >= 11 is 0. The van der Waals surface area contributed by atoms with E-state index in [4.69, 9.17) is 0 Å². The van der Waals surface area contributed by atoms with Gasteiger partial charge in [-0.25, -0.2) is 13.2 Å². The molecule has 10 heteroatoms. The van der Waals surface area contributed by atoms with Crippen molar-refractivity contribution in [3.8, 4) is 11.3 Å². The molecule has 1 atom stereocenters. The van der Waals surface area contributed by atoms with Gasteiger partial charge in [0.15, 0.2) is 17.5 Å². The first-order valence-electron chi connectivity index (χ1n) is 8.89. The van der Waals surface area contributed by atoms with Gasteiger partial charge in [-0.05, 0) is 36.6 Å². The number of anilines is 1. The number of hydrogen-bond acceptors (Lipinski definition) is 5. The van der Waals surface area contributed by atoms with E-state index in [-0.39, 0.29) is 24.5 Å². The molecule has 2 aromatic heterocycles. The maximum Gasteiger partial charge on any atom is 0.231 e. The Bertz CT molecular complexity index is 1030. The SMILES string of the molecule is O=C1C(Cc2cc(F)c(F)c(F)c2)CCN1c1[nH]nc(-c2ccnnc2)c1CO. The first kappa shape index (κ1) is 19.1. The average Bonchev–Trinajstić information content (AvgIpc) is 3.30. The van der Waals surface area contributed by atoms with E-state index in [0.717, 1.165) is 12.1 Å². The molecule has 29 heavy (non-hydrogen) atoms. The van der Waals surface area contributed by atoms with Gasteiger partial charge < -0.3 is 5.11 Å². The number of aromatic amines is 1. The van der Waals surface area contributed by atoms with Crippen LogP contribution in [0.5, 0.6) is 0 Å². The first-order valence-corrected chi connectivity index (χ1v) is 8.89. The van der Waals surface area contributed by atoms with Crippen LogP contribution in [0.4, 0.5) is 19.0 Å². The third kappa shape index (κ3) is 3.46. The summed E-state index contributed by atoms with van der Waals surface area (Å²) < 4.78 is 40.1. The fourth-order valence-corrected chi connectivity index (χ4v) is 3.56. The fourth-order valence-electron chi connectivity index (χ4n) is 3.56. The monoisotopic (exact) mass is 403 g/mol. The third-order valence-corrected chi connectivity index (χ3v) is 4.97. The maximum atomic E-state index is 13.5. The number of aromatic nitrogens is 4. The van der Waals surface area contributed by atoms with Gasteiger partial charge in [0, 0.05) is 23.6 Å². The zero-order chi connectivity index (χ0) is 20.5. The van der Waals surface area contributed by atoms with Crippen LogP contribution in [-0.4, -0.2) is 38.0 Å². The highest BCUT2D eigenvalue weighted by atomic mass is 19.2. The average molecular weight is 403 g/mol. The molecule has 1 aliphatic rings. The van der Waals surface area contributed by atoms with Crippen LogP contribution in [0.25, 0.3) is 11.3 Å². The quantitative estimate of drug-likeness (QED) is 0.638. The number of nitrogens with one attached hydrogen (secondary N) is 1. The number of carbonyl (C=O) groups excluding carboxylic acids is 1. The van der Waals surface area contributed by atoms with Gasteiger partial charge in [0.05, 0.1) is 19.0 Å². The fraction of sp³-hybridized carbons (Fsp3) is 0.263. The van der Waals surface area contributed by atoms with Crippen LogP contribution in [-0.2, 0) is 17.8 Å². The predicted molar refractivity (Wildman–Crippen MR) is 96.0 cm³/mol. The minimum Gasteiger partial charge on any atom is -0.391 e. The van der Waals surface area contributed by atoms with E-state index in [1.807, 2.05) is 0 Å². The molecule has 1 fully saturated rings. The Morgan fingerprint density at radius 1 is 1.21 bits per heavy atom. The molecule has 0 bridgehead atoms. The molecule has 1 aliphatic heterocycles. The molecule has 3 heterocycles. The molecule has 7 nitrogen and oxygen atoms in total. The highest BCUT2D eigenvalue weighted by molar-refractivity contribution is 5.97. The summed E-state index contributed by atoms with van der Waals surface area (Å²) in [5, 5.41) is 24.3. The third-order valence-electron chi connectivity index (χ3n) is 4.97. The summed E-state index contributed by atoms with van der Waals surface area (Å²) in [5.74, 6) is -4.53. The van der Waals surface area contributed by atoms with Gasteiger partial charge in [-0.3, -0.25) is 14.8 Å². The Kier molecular flexibility index (Phi) is 5.01. The van der Waals surface area contributed by atoms with Crippen molar-refractivity contribution in [2.75, 3.05) is 11.4 Å². The van der Waals surface area contributed by atoms with Gasteiger partial charge in [0.25, 0.3) is 0 Å². The molecular weight excluding hydrogens is 387 g/mol. The van der Waals surface area contributed by atoms with Crippen molar-refractivity contribution in [3.05, 3.63) is 59.2 Å². The lowest BCUT2D eigenvalue weighted by atomic mass is 9.98. The summed E-state index contributed by atoms with van der Waals surface area (Å²) in [5.41, 5.74) is 1.73. The van der Waals surface area contributed by atoms with Crippen LogP contribution in [0.3, 0.4) is 0 Å². The number of hydrogen-bond donors (Lipinski definition) is 2. The molecule has 0 aliphatic carbocycles. The van der Waals surface area contributed by atoms with Crippen LogP contribution < -0.4 is 4.90 Å². The van der Waals surface area contributed by atoms with E-state index in [1.54, 1.807) is 6.07 Å². The van der Waals surface area contributed by atoms with Crippen LogP contribution in [0.1, 0.15) is 17.5 Å². The summed E-state index contributed by atoms with van der Waals surface area (Å²) in [4.78, 5) is 14.3. The zero-order valence-corrected chi connectivity index (χ0v) is 15.1. The summed E-state index contributed by atoms with van der Waals surface area (Å²) in [7, 11) is 0. The highest BCUT2D eigenvalue weighted by Crippen LogP contribution is 2.33. The number of rotatable bonds is 5. The lowest BCUT2D eigenvalue weighted by Gasteiger charge is -2.16. The predicted octanol–water partition coefficient (Wildman–Crippen LogP) is 2.37. The number of aliphatic hydroxyl groups excluding tert-OH is 1. The van der Waals surface area contributed by atoms with Gasteiger partial charge in [-0.15, -0.1) is 0 Å². The molecule has 1 unspecified atom stereocenters. The van der Waals surface area contributed by atoms with Crippen molar-refractivity contribution in [1.29, 1.82) is 0 Å². The van der Waals surface area contributed by atoms with Crippen LogP contribution in [0.15, 0.2) is 30.6 Å². The molecular formula is C19H16F3N5O2. The van der Waals surface area contributed by atoms with Crippen LogP contribution in [0.2, 0.25) is 0 Å². The first-order chi connectivity index (χ1) is 14.0. The molecule has 2 N–H and O–H groups in total. The highest BCUT2D eigenvalue weighted by Gasteiger charge is 2.35. The zero-order valence-electron chi connectivity index (χ0n) is 15.1. The second kappa shape index (κ2) is 7.63. The number of carbonyl (C=O) groups is 1. The molecule has 1 amide bonds. The van der Waals surface area contributed by atoms with Gasteiger partial charge in [0.2, 0.25) is 5.91 Å². The van der Waals surface area contributed by atoms with Gasteiger partial charge >= 0.3 is 0 Å². The largest absolute Gasteiger partial charge is 0.391 e. The standard InChI is InChI=1S/C19H16F3N5O2/c20-14-6-10(7-15(21)16(14)22)5-11-2-4-27(19(11)29)18-13(9-28)17(25-26-18)12-1-3-23-24-8-12/h1,3,6-8,11,28H,2,4-5,9H2,(H,25,26). The number of aliphatic hydroxyl groups is 1. The molecule has 4 rings (SSSR count). The van der Waals surface area contributed by atoms with Crippen molar-refractivity contribution in [3.63, 3.8) is 0 Å². The number of amides is 1. The van der Waals surface area contributed by atoms with Crippen molar-refractivity contribution in [1.82, 2.24) is 20.4 Å². The molecule has 1 saturated heterocycles. The molecule has 1 aromatic carbocycles. The second-order valence-corrected chi connectivity index (χ2v) is 6.74. The van der Waals surface area contributed by atoms with Gasteiger partial charge in [-0.2, -0.15) is 15.3 Å². The Hall–Kier alpha value is -3.27. The van der Waals surface area contributed by atoms with E-state index in [2.05, 4.69) is 20.4 Å². The van der Waals surface area contributed by atoms with Crippen molar-refractivity contribution < 1.29 is 23.1 Å². The Labute approximate surface area is 163 Å². The van der Waals surface area contributed by atoms with E-state index >= 15 is 0 Å². The van der Waals surface area contributed by atoms with Crippen LogP contribution in [0, 0.1) is 23.4 Å². The second-order valence-electron chi connectivity index (χ2n) is 6.74. The summed E-state index contributed by atoms with van der Waals surface area (Å²) in [6.45, 7) is -0.00872. The molecule has 150 valence electrons. The van der Waals surface area contributed by atoms with Gasteiger partial charge in [-0.1, -0.05) is 0 Å². The lowest BCUT2D eigenvalue weighted by Crippen LogP contribution is -2.29. The van der Waals surface area contributed by atoms with E-state index < -0.39 is 23.4 Å². The van der Waals surface area contributed by atoms with Crippen molar-refractivity contribution >= 4 is 11.7 Å². The lowest BCUT2D eigenvalue weighted by molar-refractivity contribution is -0.120. The Morgan fingerprint density at radius 2 is 1.97 bits per heavy atom. The van der Waals surface area contributed by atoms with E-state index in [0.29, 0.717) is 35.6 Å². The normalized spacial score (nSPS) is 16.6. The molecule has 0 saturated carbocycles. The minimum absolute atomic E-state index is 0.0766. The van der Waals surface area contributed by atoms with E-state index in [1.165, 1.54) is 17.3 Å². The number of halogens is 3. The van der Waals surface area contributed by atoms with Gasteiger partial charge in [0.1, 0.15) is 11.5 Å². The van der Waals surface area contributed by atoms with Crippen LogP contribution >= 0.6 is 0 Å². The van der Waals surface area contributed by atoms with E-state index in [9.17, 15) is 23.1 Å². The van der Waals surface area contributed by atoms with Crippen molar-refractivity contribution in [2.24, 2.45) is 5.92 Å². The smallest absolute Gasteiger partial charge is 0.231 e. The topological polar surface area (TPSA) is 95.0 Å². The summed E-state index contributed by atoms with van der Waals surface area (Å²) in [6.07, 6.45) is 3.50. The number of H-pyrrole nitrogens is 1. The van der Waals surface area contributed by atoms with Crippen molar-refractivity contribution in [2.45, 2.75) is 19.4 Å².